The van der Waals surface area contributed by atoms with Gasteiger partial charge in [0.1, 0.15) is 0 Å². The molecule has 2 N–H and O–H groups in total. The van der Waals surface area contributed by atoms with E-state index < -0.39 is 11.9 Å². The number of amides is 2. The molecule has 0 bridgehead atoms. The summed E-state index contributed by atoms with van der Waals surface area (Å²) < 4.78 is 0.963. The molecule has 1 aliphatic heterocycles. The second-order valence-corrected chi connectivity index (χ2v) is 6.27. The number of rotatable bonds is 3. The van der Waals surface area contributed by atoms with Crippen LogP contribution in [0, 0.1) is 5.92 Å². The summed E-state index contributed by atoms with van der Waals surface area (Å²) in [4.78, 5) is 24.9. The van der Waals surface area contributed by atoms with Crippen LogP contribution in [0.1, 0.15) is 31.4 Å². The van der Waals surface area contributed by atoms with Crippen LogP contribution in [0.4, 0.5) is 4.79 Å². The molecule has 1 aliphatic rings. The Morgan fingerprint density at radius 3 is 2.90 bits per heavy atom. The number of hydrogen-bond donors (Lipinski definition) is 2. The van der Waals surface area contributed by atoms with Gasteiger partial charge in [-0.05, 0) is 37.5 Å². The van der Waals surface area contributed by atoms with Crippen molar-refractivity contribution in [3.05, 3.63) is 34.3 Å². The lowest BCUT2D eigenvalue weighted by Gasteiger charge is -2.31. The van der Waals surface area contributed by atoms with Crippen molar-refractivity contribution in [2.24, 2.45) is 5.92 Å². The first-order valence-electron chi connectivity index (χ1n) is 7.01. The second-order valence-electron chi connectivity index (χ2n) is 5.35. The van der Waals surface area contributed by atoms with Crippen LogP contribution >= 0.6 is 15.9 Å². The van der Waals surface area contributed by atoms with Gasteiger partial charge in [-0.3, -0.25) is 4.79 Å². The largest absolute Gasteiger partial charge is 0.481 e. The number of urea groups is 1. The number of nitrogens with one attached hydrogen (secondary N) is 1. The maximum Gasteiger partial charge on any atom is 0.317 e. The second kappa shape index (κ2) is 6.93. The van der Waals surface area contributed by atoms with Crippen molar-refractivity contribution in [3.63, 3.8) is 0 Å². The molecule has 0 spiro atoms. The molecule has 0 aliphatic carbocycles. The molecule has 2 atom stereocenters. The Balaban J connectivity index is 1.96. The van der Waals surface area contributed by atoms with Gasteiger partial charge < -0.3 is 15.3 Å². The number of carbonyl (C=O) groups excluding carboxylic acids is 1. The summed E-state index contributed by atoms with van der Waals surface area (Å²) in [7, 11) is 0. The van der Waals surface area contributed by atoms with Gasteiger partial charge in [0.15, 0.2) is 0 Å². The third-order valence-corrected chi connectivity index (χ3v) is 4.24. The Bertz CT molecular complexity index is 535. The summed E-state index contributed by atoms with van der Waals surface area (Å²) in [6.07, 6.45) is 1.37. The van der Waals surface area contributed by atoms with Gasteiger partial charge in [0.05, 0.1) is 12.0 Å². The van der Waals surface area contributed by atoms with Crippen LogP contribution in [0.5, 0.6) is 0 Å². The summed E-state index contributed by atoms with van der Waals surface area (Å²) in [5, 5.41) is 12.0. The molecular weight excluding hydrogens is 336 g/mol. The van der Waals surface area contributed by atoms with Gasteiger partial charge in [-0.2, -0.15) is 0 Å². The molecule has 1 fully saturated rings. The zero-order chi connectivity index (χ0) is 15.4. The molecule has 0 saturated carbocycles. The number of benzene rings is 1. The zero-order valence-corrected chi connectivity index (χ0v) is 13.5. The van der Waals surface area contributed by atoms with Crippen LogP contribution < -0.4 is 5.32 Å². The average Bonchev–Trinajstić information content (AvgIpc) is 2.47. The highest BCUT2D eigenvalue weighted by atomic mass is 79.9. The summed E-state index contributed by atoms with van der Waals surface area (Å²) >= 11 is 3.41. The smallest absolute Gasteiger partial charge is 0.317 e. The quantitative estimate of drug-likeness (QED) is 0.876. The first kappa shape index (κ1) is 15.8. The maximum absolute atomic E-state index is 12.2. The maximum atomic E-state index is 12.2. The van der Waals surface area contributed by atoms with Crippen molar-refractivity contribution in [2.45, 2.75) is 25.8 Å². The highest BCUT2D eigenvalue weighted by Crippen LogP contribution is 2.20. The summed E-state index contributed by atoms with van der Waals surface area (Å²) in [6.45, 7) is 2.81. The summed E-state index contributed by atoms with van der Waals surface area (Å²) in [6, 6.07) is 7.44. The number of hydrogen-bond acceptors (Lipinski definition) is 2. The Kier molecular flexibility index (Phi) is 5.22. The van der Waals surface area contributed by atoms with Gasteiger partial charge in [-0.1, -0.05) is 28.1 Å². The van der Waals surface area contributed by atoms with Crippen LogP contribution in [-0.4, -0.2) is 35.1 Å². The third kappa shape index (κ3) is 4.20. The van der Waals surface area contributed by atoms with E-state index >= 15 is 0 Å². The monoisotopic (exact) mass is 354 g/mol. The van der Waals surface area contributed by atoms with E-state index in [9.17, 15) is 9.59 Å². The minimum atomic E-state index is -0.826. The predicted octanol–water partition coefficient (Wildman–Crippen LogP) is 3.02. The number of nitrogens with zero attached hydrogens (tertiary/aromatic N) is 1. The van der Waals surface area contributed by atoms with E-state index in [-0.39, 0.29) is 18.6 Å². The molecular formula is C15H19BrN2O3. The van der Waals surface area contributed by atoms with Crippen molar-refractivity contribution in [1.29, 1.82) is 0 Å². The molecule has 21 heavy (non-hydrogen) atoms. The number of aliphatic carboxylic acids is 1. The highest BCUT2D eigenvalue weighted by molar-refractivity contribution is 9.10. The fourth-order valence-electron chi connectivity index (χ4n) is 2.50. The van der Waals surface area contributed by atoms with Crippen molar-refractivity contribution in [1.82, 2.24) is 10.2 Å². The Hall–Kier alpha value is -1.56. The van der Waals surface area contributed by atoms with Crippen molar-refractivity contribution >= 4 is 27.9 Å². The molecule has 1 aromatic rings. The van der Waals surface area contributed by atoms with Crippen LogP contribution in [0.15, 0.2) is 28.7 Å². The first-order valence-corrected chi connectivity index (χ1v) is 7.80. The van der Waals surface area contributed by atoms with Crippen LogP contribution in [-0.2, 0) is 4.79 Å². The van der Waals surface area contributed by atoms with E-state index in [0.717, 1.165) is 16.5 Å². The molecule has 1 unspecified atom stereocenters. The minimum absolute atomic E-state index is 0.125. The van der Waals surface area contributed by atoms with E-state index in [0.29, 0.717) is 13.0 Å². The van der Waals surface area contributed by atoms with Gasteiger partial charge in [0.25, 0.3) is 0 Å². The predicted molar refractivity (Wildman–Crippen MR) is 83.0 cm³/mol. The van der Waals surface area contributed by atoms with Crippen LogP contribution in [0.25, 0.3) is 0 Å². The topological polar surface area (TPSA) is 69.6 Å². The van der Waals surface area contributed by atoms with E-state index in [1.807, 2.05) is 31.2 Å². The number of likely N-dealkylation sites (tertiary alicyclic amines) is 1. The van der Waals surface area contributed by atoms with E-state index in [2.05, 4.69) is 21.2 Å². The van der Waals surface area contributed by atoms with Gasteiger partial charge in [0.2, 0.25) is 0 Å². The van der Waals surface area contributed by atoms with Gasteiger partial charge >= 0.3 is 12.0 Å². The fraction of sp³-hybridized carbons (Fsp3) is 0.467. The fourth-order valence-corrected chi connectivity index (χ4v) is 2.92. The number of carbonyl (C=O) groups is 2. The van der Waals surface area contributed by atoms with Crippen LogP contribution in [0.2, 0.25) is 0 Å². The van der Waals surface area contributed by atoms with Crippen molar-refractivity contribution in [3.8, 4) is 0 Å². The molecule has 0 aromatic heterocycles. The SMILES string of the molecule is CC(NC(=O)N1CCC[C@H](C(=O)O)C1)c1cccc(Br)c1. The third-order valence-electron chi connectivity index (χ3n) is 3.75. The lowest BCUT2D eigenvalue weighted by molar-refractivity contribution is -0.143. The molecule has 114 valence electrons. The standard InChI is InChI=1S/C15H19BrN2O3/c1-10(11-4-2-6-13(16)8-11)17-15(21)18-7-3-5-12(9-18)14(19)20/h2,4,6,8,10,12H,3,5,7,9H2,1H3,(H,17,21)(H,19,20)/t10?,12-/m0/s1. The zero-order valence-electron chi connectivity index (χ0n) is 11.9. The van der Waals surface area contributed by atoms with E-state index in [1.165, 1.54) is 0 Å². The summed E-state index contributed by atoms with van der Waals surface area (Å²) in [5.41, 5.74) is 1.00. The number of piperidine rings is 1. The molecule has 2 rings (SSSR count). The summed E-state index contributed by atoms with van der Waals surface area (Å²) in [5.74, 6) is -1.28. The molecule has 5 nitrogen and oxygen atoms in total. The molecule has 6 heteroatoms. The average molecular weight is 355 g/mol. The van der Waals surface area contributed by atoms with Gasteiger partial charge in [-0.15, -0.1) is 0 Å². The van der Waals surface area contributed by atoms with E-state index in [4.69, 9.17) is 5.11 Å². The van der Waals surface area contributed by atoms with Gasteiger partial charge in [0, 0.05) is 17.6 Å². The Labute approximate surface area is 132 Å². The van der Waals surface area contributed by atoms with Crippen molar-refractivity contribution in [2.75, 3.05) is 13.1 Å². The molecule has 1 heterocycles. The minimum Gasteiger partial charge on any atom is -0.481 e. The molecule has 0 radical (unpaired) electrons. The highest BCUT2D eigenvalue weighted by Gasteiger charge is 2.28. The number of halogens is 1. The first-order chi connectivity index (χ1) is 9.97. The molecule has 1 aromatic carbocycles. The molecule has 1 saturated heterocycles. The lowest BCUT2D eigenvalue weighted by Crippen LogP contribution is -2.47. The van der Waals surface area contributed by atoms with Crippen molar-refractivity contribution < 1.29 is 14.7 Å². The van der Waals surface area contributed by atoms with E-state index in [1.54, 1.807) is 4.90 Å². The number of carboxylic acid groups (broad SMARTS) is 1. The Morgan fingerprint density at radius 1 is 1.48 bits per heavy atom. The van der Waals surface area contributed by atoms with Crippen LogP contribution in [0.3, 0.4) is 0 Å². The Morgan fingerprint density at radius 2 is 2.24 bits per heavy atom. The lowest BCUT2D eigenvalue weighted by atomic mass is 9.98. The number of carboxylic acids is 1. The molecule has 2 amide bonds. The normalized spacial score (nSPS) is 19.9. The van der Waals surface area contributed by atoms with Gasteiger partial charge in [-0.25, -0.2) is 4.79 Å².